The van der Waals surface area contributed by atoms with Crippen LogP contribution in [0.5, 0.6) is 0 Å². The number of anilines is 1. The summed E-state index contributed by atoms with van der Waals surface area (Å²) in [5, 5.41) is 11.7. The molecule has 1 fully saturated rings. The number of hydrogen-bond acceptors (Lipinski definition) is 5. The highest BCUT2D eigenvalue weighted by atomic mass is 32.2. The Labute approximate surface area is 167 Å². The van der Waals surface area contributed by atoms with Crippen LogP contribution < -0.4 is 5.32 Å². The smallest absolute Gasteiger partial charge is 0.234 e. The highest BCUT2D eigenvalue weighted by Crippen LogP contribution is 2.20. The maximum atomic E-state index is 13.2. The molecular weight excluding hydrogens is 381 g/mol. The Morgan fingerprint density at radius 1 is 1.29 bits per heavy atom. The summed E-state index contributed by atoms with van der Waals surface area (Å²) >= 11 is 1.27. The van der Waals surface area contributed by atoms with Gasteiger partial charge in [-0.2, -0.15) is 0 Å². The van der Waals surface area contributed by atoms with E-state index in [0.717, 1.165) is 31.6 Å². The van der Waals surface area contributed by atoms with Crippen molar-refractivity contribution in [3.63, 3.8) is 0 Å². The van der Waals surface area contributed by atoms with Gasteiger partial charge in [-0.15, -0.1) is 10.2 Å². The SMILES string of the molecule is CCn1c(CN2CCCCCC2=O)nnc1SCC(=O)Nc1cccc(F)c1. The molecule has 0 bridgehead atoms. The molecule has 1 N–H and O–H groups in total. The lowest BCUT2D eigenvalue weighted by Gasteiger charge is -2.20. The number of carbonyl (C=O) groups excluding carboxylic acids is 2. The van der Waals surface area contributed by atoms with E-state index in [2.05, 4.69) is 15.5 Å². The zero-order chi connectivity index (χ0) is 19.9. The van der Waals surface area contributed by atoms with E-state index in [1.807, 2.05) is 16.4 Å². The van der Waals surface area contributed by atoms with Crippen molar-refractivity contribution in [1.29, 1.82) is 0 Å². The van der Waals surface area contributed by atoms with E-state index >= 15 is 0 Å². The minimum absolute atomic E-state index is 0.136. The van der Waals surface area contributed by atoms with Crippen molar-refractivity contribution in [2.45, 2.75) is 50.9 Å². The Bertz CT molecular complexity index is 841. The number of amides is 2. The van der Waals surface area contributed by atoms with Crippen molar-refractivity contribution in [1.82, 2.24) is 19.7 Å². The van der Waals surface area contributed by atoms with Gasteiger partial charge in [0.25, 0.3) is 0 Å². The molecule has 1 aromatic heterocycles. The monoisotopic (exact) mass is 405 g/mol. The zero-order valence-corrected chi connectivity index (χ0v) is 16.7. The first-order chi connectivity index (χ1) is 13.6. The van der Waals surface area contributed by atoms with E-state index in [1.165, 1.54) is 23.9 Å². The lowest BCUT2D eigenvalue weighted by Crippen LogP contribution is -2.31. The molecule has 0 atom stereocenters. The van der Waals surface area contributed by atoms with Gasteiger partial charge in [0, 0.05) is 25.2 Å². The second-order valence-electron chi connectivity index (χ2n) is 6.62. The molecule has 28 heavy (non-hydrogen) atoms. The summed E-state index contributed by atoms with van der Waals surface area (Å²) in [5.41, 5.74) is 0.419. The molecule has 2 amide bonds. The van der Waals surface area contributed by atoms with Crippen LogP contribution in [0.2, 0.25) is 0 Å². The third-order valence-corrected chi connectivity index (χ3v) is 5.52. The first-order valence-electron chi connectivity index (χ1n) is 9.45. The molecule has 1 aromatic carbocycles. The van der Waals surface area contributed by atoms with Crippen LogP contribution in [0.3, 0.4) is 0 Å². The fourth-order valence-corrected chi connectivity index (χ4v) is 3.95. The molecular formula is C19H24FN5O2S. The van der Waals surface area contributed by atoms with E-state index in [1.54, 1.807) is 12.1 Å². The standard InChI is InChI=1S/C19H24FN5O2S/c1-2-25-16(12-24-10-5-3-4-9-18(24)27)22-23-19(25)28-13-17(26)21-15-8-6-7-14(20)11-15/h6-8,11H,2-5,9-10,12-13H2,1H3,(H,21,26). The van der Waals surface area contributed by atoms with Crippen molar-refractivity contribution in [3.8, 4) is 0 Å². The molecule has 1 aliphatic heterocycles. The summed E-state index contributed by atoms with van der Waals surface area (Å²) in [6.45, 7) is 3.82. The van der Waals surface area contributed by atoms with Crippen molar-refractivity contribution in [2.75, 3.05) is 17.6 Å². The maximum Gasteiger partial charge on any atom is 0.234 e. The summed E-state index contributed by atoms with van der Waals surface area (Å²) < 4.78 is 15.1. The normalized spacial score (nSPS) is 14.8. The highest BCUT2D eigenvalue weighted by Gasteiger charge is 2.21. The molecule has 2 heterocycles. The van der Waals surface area contributed by atoms with Crippen LogP contribution in [-0.2, 0) is 22.7 Å². The van der Waals surface area contributed by atoms with Gasteiger partial charge < -0.3 is 14.8 Å². The fraction of sp³-hybridized carbons (Fsp3) is 0.474. The first kappa shape index (κ1) is 20.3. The predicted molar refractivity (Wildman–Crippen MR) is 105 cm³/mol. The lowest BCUT2D eigenvalue weighted by atomic mass is 10.2. The predicted octanol–water partition coefficient (Wildman–Crippen LogP) is 3.07. The number of nitrogens with one attached hydrogen (secondary N) is 1. The van der Waals surface area contributed by atoms with E-state index in [9.17, 15) is 14.0 Å². The number of thioether (sulfide) groups is 1. The van der Waals surface area contributed by atoms with Crippen molar-refractivity contribution < 1.29 is 14.0 Å². The molecule has 0 spiro atoms. The van der Waals surface area contributed by atoms with Gasteiger partial charge >= 0.3 is 0 Å². The van der Waals surface area contributed by atoms with Crippen molar-refractivity contribution in [3.05, 3.63) is 35.9 Å². The molecule has 1 aliphatic rings. The van der Waals surface area contributed by atoms with Gasteiger partial charge in [-0.1, -0.05) is 24.2 Å². The van der Waals surface area contributed by atoms with Crippen LogP contribution in [0.4, 0.5) is 10.1 Å². The maximum absolute atomic E-state index is 13.2. The van der Waals surface area contributed by atoms with Gasteiger partial charge in [-0.25, -0.2) is 4.39 Å². The second-order valence-corrected chi connectivity index (χ2v) is 7.56. The molecule has 0 saturated carbocycles. The van der Waals surface area contributed by atoms with Gasteiger partial charge in [-0.05, 0) is 38.0 Å². The van der Waals surface area contributed by atoms with Gasteiger partial charge in [-0.3, -0.25) is 9.59 Å². The zero-order valence-electron chi connectivity index (χ0n) is 15.9. The van der Waals surface area contributed by atoms with Gasteiger partial charge in [0.05, 0.1) is 12.3 Å². The fourth-order valence-electron chi connectivity index (χ4n) is 3.13. The Morgan fingerprint density at radius 2 is 2.14 bits per heavy atom. The van der Waals surface area contributed by atoms with E-state index < -0.39 is 5.82 Å². The highest BCUT2D eigenvalue weighted by molar-refractivity contribution is 7.99. The Hall–Kier alpha value is -2.42. The number of benzene rings is 1. The number of halogens is 1. The Kier molecular flexibility index (Phi) is 7.02. The molecule has 150 valence electrons. The summed E-state index contributed by atoms with van der Waals surface area (Å²) in [6.07, 6.45) is 3.61. The molecule has 1 saturated heterocycles. The third-order valence-electron chi connectivity index (χ3n) is 4.55. The Morgan fingerprint density at radius 3 is 2.93 bits per heavy atom. The summed E-state index contributed by atoms with van der Waals surface area (Å²) in [7, 11) is 0. The molecule has 0 unspecified atom stereocenters. The molecule has 7 nitrogen and oxygen atoms in total. The number of carbonyl (C=O) groups is 2. The average Bonchev–Trinajstić information content (AvgIpc) is 2.94. The average molecular weight is 405 g/mol. The van der Waals surface area contributed by atoms with Crippen molar-refractivity contribution in [2.24, 2.45) is 0 Å². The van der Waals surface area contributed by atoms with Crippen molar-refractivity contribution >= 4 is 29.3 Å². The van der Waals surface area contributed by atoms with Crippen LogP contribution in [0.25, 0.3) is 0 Å². The van der Waals surface area contributed by atoms with Gasteiger partial charge in [0.1, 0.15) is 5.82 Å². The Balaban J connectivity index is 1.60. The molecule has 2 aromatic rings. The summed E-state index contributed by atoms with van der Waals surface area (Å²) in [4.78, 5) is 26.2. The quantitative estimate of drug-likeness (QED) is 0.716. The number of nitrogens with zero attached hydrogens (tertiary/aromatic N) is 4. The third kappa shape index (κ3) is 5.31. The summed E-state index contributed by atoms with van der Waals surface area (Å²) in [6, 6.07) is 5.77. The summed E-state index contributed by atoms with van der Waals surface area (Å²) in [5.74, 6) is 0.379. The van der Waals surface area contributed by atoms with Gasteiger partial charge in [0.15, 0.2) is 11.0 Å². The van der Waals surface area contributed by atoms with Gasteiger partial charge in [0.2, 0.25) is 11.8 Å². The van der Waals surface area contributed by atoms with E-state index in [-0.39, 0.29) is 17.6 Å². The number of aromatic nitrogens is 3. The molecule has 3 rings (SSSR count). The van der Waals surface area contributed by atoms with Crippen LogP contribution in [0, 0.1) is 5.82 Å². The molecule has 9 heteroatoms. The number of hydrogen-bond donors (Lipinski definition) is 1. The van der Waals surface area contributed by atoms with E-state index in [4.69, 9.17) is 0 Å². The first-order valence-corrected chi connectivity index (χ1v) is 10.4. The number of likely N-dealkylation sites (tertiary alicyclic amines) is 1. The van der Waals surface area contributed by atoms with Crippen LogP contribution in [0.1, 0.15) is 38.4 Å². The molecule has 0 radical (unpaired) electrons. The molecule has 0 aliphatic carbocycles. The number of rotatable bonds is 7. The minimum Gasteiger partial charge on any atom is -0.335 e. The largest absolute Gasteiger partial charge is 0.335 e. The topological polar surface area (TPSA) is 80.1 Å². The van der Waals surface area contributed by atoms with Crippen LogP contribution >= 0.6 is 11.8 Å². The lowest BCUT2D eigenvalue weighted by molar-refractivity contribution is -0.131. The van der Waals surface area contributed by atoms with E-state index in [0.29, 0.717) is 30.4 Å². The van der Waals surface area contributed by atoms with Crippen LogP contribution in [-0.4, -0.2) is 43.8 Å². The van der Waals surface area contributed by atoms with Crippen LogP contribution in [0.15, 0.2) is 29.4 Å². The minimum atomic E-state index is -0.399. The second kappa shape index (κ2) is 9.68.